The van der Waals surface area contributed by atoms with E-state index in [4.69, 9.17) is 5.73 Å². The number of aromatic nitrogens is 2. The van der Waals surface area contributed by atoms with Gasteiger partial charge in [-0.25, -0.2) is 4.98 Å². The molecule has 2 rings (SSSR count). The first-order valence-electron chi connectivity index (χ1n) is 7.69. The zero-order valence-corrected chi connectivity index (χ0v) is 13.4. The quantitative estimate of drug-likeness (QED) is 0.718. The van der Waals surface area contributed by atoms with Crippen molar-refractivity contribution in [3.63, 3.8) is 0 Å². The second kappa shape index (κ2) is 7.13. The lowest BCUT2D eigenvalue weighted by molar-refractivity contribution is -0.118. The number of nitrogens with one attached hydrogen (secondary N) is 1. The zero-order chi connectivity index (χ0) is 17.0. The van der Waals surface area contributed by atoms with Gasteiger partial charge in [-0.15, -0.1) is 0 Å². The molecule has 0 fully saturated rings. The minimum atomic E-state index is -0.445. The van der Waals surface area contributed by atoms with Crippen LogP contribution in [0.15, 0.2) is 18.3 Å². The van der Waals surface area contributed by atoms with Crippen LogP contribution in [-0.2, 0) is 4.79 Å². The van der Waals surface area contributed by atoms with Crippen LogP contribution in [0.2, 0.25) is 0 Å². The van der Waals surface area contributed by atoms with Gasteiger partial charge in [-0.2, -0.15) is 0 Å². The van der Waals surface area contributed by atoms with Crippen LogP contribution in [-0.4, -0.2) is 32.3 Å². The number of imidazole rings is 1. The number of hydrogen-bond donors (Lipinski definition) is 3. The summed E-state index contributed by atoms with van der Waals surface area (Å²) in [5.41, 5.74) is 6.45. The number of nitrogens with two attached hydrogens (primary N) is 1. The van der Waals surface area contributed by atoms with Crippen molar-refractivity contribution in [1.82, 2.24) is 14.7 Å². The highest BCUT2D eigenvalue weighted by atomic mass is 16.3. The number of aryl methyl sites for hydroxylation is 1. The highest BCUT2D eigenvalue weighted by molar-refractivity contribution is 5.95. The summed E-state index contributed by atoms with van der Waals surface area (Å²) in [5.74, 6) is -0.767. The van der Waals surface area contributed by atoms with E-state index in [2.05, 4.69) is 10.3 Å². The van der Waals surface area contributed by atoms with Crippen molar-refractivity contribution >= 4 is 17.5 Å². The normalized spacial score (nSPS) is 12.3. The Bertz CT molecular complexity index is 723. The molecule has 7 heteroatoms. The SMILES string of the molecule is CCCCC(CC(N)=O)NC(=O)c1c(C)nc2c(O)cccn12. The molecule has 124 valence electrons. The molecule has 0 aliphatic carbocycles. The average molecular weight is 318 g/mol. The molecular formula is C16H22N4O3. The molecular weight excluding hydrogens is 296 g/mol. The molecule has 0 bridgehead atoms. The highest BCUT2D eigenvalue weighted by Gasteiger charge is 2.21. The number of pyridine rings is 1. The molecule has 7 nitrogen and oxygen atoms in total. The Morgan fingerprint density at radius 3 is 2.87 bits per heavy atom. The Hall–Kier alpha value is -2.57. The summed E-state index contributed by atoms with van der Waals surface area (Å²) in [4.78, 5) is 28.0. The summed E-state index contributed by atoms with van der Waals surface area (Å²) >= 11 is 0. The Kier molecular flexibility index (Phi) is 5.20. The van der Waals surface area contributed by atoms with Crippen LogP contribution >= 0.6 is 0 Å². The van der Waals surface area contributed by atoms with E-state index in [1.54, 1.807) is 23.6 Å². The second-order valence-electron chi connectivity index (χ2n) is 5.62. The van der Waals surface area contributed by atoms with Gasteiger partial charge in [-0.3, -0.25) is 14.0 Å². The van der Waals surface area contributed by atoms with Crippen molar-refractivity contribution in [3.8, 4) is 5.75 Å². The van der Waals surface area contributed by atoms with E-state index in [1.165, 1.54) is 6.07 Å². The fourth-order valence-electron chi connectivity index (χ4n) is 2.61. The van der Waals surface area contributed by atoms with Gasteiger partial charge in [0.2, 0.25) is 5.91 Å². The lowest BCUT2D eigenvalue weighted by atomic mass is 10.1. The molecule has 0 aromatic carbocycles. The van der Waals surface area contributed by atoms with Crippen molar-refractivity contribution in [2.45, 2.75) is 45.6 Å². The van der Waals surface area contributed by atoms with Gasteiger partial charge < -0.3 is 16.2 Å². The van der Waals surface area contributed by atoms with E-state index in [1.807, 2.05) is 6.92 Å². The molecule has 2 heterocycles. The first-order valence-corrected chi connectivity index (χ1v) is 7.69. The summed E-state index contributed by atoms with van der Waals surface area (Å²) in [6, 6.07) is 2.85. The third-order valence-corrected chi connectivity index (χ3v) is 3.71. The van der Waals surface area contributed by atoms with Gasteiger partial charge in [-0.05, 0) is 25.5 Å². The molecule has 4 N–H and O–H groups in total. The molecule has 0 radical (unpaired) electrons. The number of carbonyl (C=O) groups excluding carboxylic acids is 2. The van der Waals surface area contributed by atoms with Crippen LogP contribution in [0.4, 0.5) is 0 Å². The Morgan fingerprint density at radius 2 is 2.22 bits per heavy atom. The van der Waals surface area contributed by atoms with E-state index in [-0.39, 0.29) is 24.1 Å². The lowest BCUT2D eigenvalue weighted by Crippen LogP contribution is -2.38. The van der Waals surface area contributed by atoms with Crippen LogP contribution in [0, 0.1) is 6.92 Å². The van der Waals surface area contributed by atoms with Crippen molar-refractivity contribution in [2.75, 3.05) is 0 Å². The lowest BCUT2D eigenvalue weighted by Gasteiger charge is -2.17. The van der Waals surface area contributed by atoms with Crippen LogP contribution in [0.25, 0.3) is 5.65 Å². The number of primary amides is 1. The van der Waals surface area contributed by atoms with Gasteiger partial charge >= 0.3 is 0 Å². The maximum Gasteiger partial charge on any atom is 0.270 e. The number of nitrogens with zero attached hydrogens (tertiary/aromatic N) is 2. The monoisotopic (exact) mass is 318 g/mol. The number of carbonyl (C=O) groups is 2. The van der Waals surface area contributed by atoms with Gasteiger partial charge in [0.15, 0.2) is 11.4 Å². The van der Waals surface area contributed by atoms with Gasteiger partial charge in [-0.1, -0.05) is 19.8 Å². The minimum absolute atomic E-state index is 0.00863. The predicted octanol–water partition coefficient (Wildman–Crippen LogP) is 1.51. The third-order valence-electron chi connectivity index (χ3n) is 3.71. The summed E-state index contributed by atoms with van der Waals surface area (Å²) < 4.78 is 1.54. The van der Waals surface area contributed by atoms with Gasteiger partial charge in [0.1, 0.15) is 5.69 Å². The number of aromatic hydroxyl groups is 1. The van der Waals surface area contributed by atoms with Gasteiger partial charge in [0.05, 0.1) is 5.69 Å². The van der Waals surface area contributed by atoms with E-state index in [9.17, 15) is 14.7 Å². The fourth-order valence-corrected chi connectivity index (χ4v) is 2.61. The molecule has 23 heavy (non-hydrogen) atoms. The maximum atomic E-state index is 12.6. The molecule has 0 aliphatic rings. The van der Waals surface area contributed by atoms with Crippen LogP contribution in [0.5, 0.6) is 5.75 Å². The Labute approximate surface area is 134 Å². The Morgan fingerprint density at radius 1 is 1.48 bits per heavy atom. The summed E-state index contributed by atoms with van der Waals surface area (Å²) in [6.45, 7) is 3.75. The standard InChI is InChI=1S/C16H22N4O3/c1-3-4-6-11(9-13(17)22)19-16(23)14-10(2)18-15-12(21)7-5-8-20(14)15/h5,7-8,11,21H,3-4,6,9H2,1-2H3,(H2,17,22)(H,19,23). The third kappa shape index (κ3) is 3.80. The van der Waals surface area contributed by atoms with Gasteiger partial charge in [0.25, 0.3) is 5.91 Å². The number of amides is 2. The number of hydrogen-bond acceptors (Lipinski definition) is 4. The van der Waals surface area contributed by atoms with Crippen LogP contribution in [0.3, 0.4) is 0 Å². The summed E-state index contributed by atoms with van der Waals surface area (Å²) in [5, 5.41) is 12.7. The summed E-state index contributed by atoms with van der Waals surface area (Å²) in [7, 11) is 0. The fraction of sp³-hybridized carbons (Fsp3) is 0.438. The van der Waals surface area contributed by atoms with E-state index in [0.717, 1.165) is 12.8 Å². The van der Waals surface area contributed by atoms with E-state index < -0.39 is 5.91 Å². The van der Waals surface area contributed by atoms with Crippen molar-refractivity contribution in [1.29, 1.82) is 0 Å². The molecule has 0 spiro atoms. The van der Waals surface area contributed by atoms with Gasteiger partial charge in [0, 0.05) is 18.7 Å². The molecule has 0 saturated carbocycles. The first-order chi connectivity index (χ1) is 10.9. The van der Waals surface area contributed by atoms with E-state index in [0.29, 0.717) is 23.5 Å². The molecule has 2 aromatic heterocycles. The molecule has 0 aliphatic heterocycles. The average Bonchev–Trinajstić information content (AvgIpc) is 2.82. The zero-order valence-electron chi connectivity index (χ0n) is 13.4. The van der Waals surface area contributed by atoms with Crippen molar-refractivity contribution in [3.05, 3.63) is 29.7 Å². The number of rotatable bonds is 7. The molecule has 2 aromatic rings. The largest absolute Gasteiger partial charge is 0.504 e. The topological polar surface area (TPSA) is 110 Å². The van der Waals surface area contributed by atoms with Crippen LogP contribution < -0.4 is 11.1 Å². The number of unbranched alkanes of at least 4 members (excludes halogenated alkanes) is 1. The molecule has 0 saturated heterocycles. The maximum absolute atomic E-state index is 12.6. The first kappa shape index (κ1) is 16.8. The molecule has 2 amide bonds. The number of fused-ring (bicyclic) bond motifs is 1. The van der Waals surface area contributed by atoms with Crippen molar-refractivity contribution in [2.24, 2.45) is 5.73 Å². The minimum Gasteiger partial charge on any atom is -0.504 e. The van der Waals surface area contributed by atoms with E-state index >= 15 is 0 Å². The molecule has 1 atom stereocenters. The smallest absolute Gasteiger partial charge is 0.270 e. The Balaban J connectivity index is 2.26. The predicted molar refractivity (Wildman–Crippen MR) is 86.2 cm³/mol. The van der Waals surface area contributed by atoms with Crippen molar-refractivity contribution < 1.29 is 14.7 Å². The highest BCUT2D eigenvalue weighted by Crippen LogP contribution is 2.20. The second-order valence-corrected chi connectivity index (χ2v) is 5.62. The summed E-state index contributed by atoms with van der Waals surface area (Å²) in [6.07, 6.45) is 4.32. The van der Waals surface area contributed by atoms with Crippen LogP contribution in [0.1, 0.15) is 48.8 Å². The molecule has 1 unspecified atom stereocenters.